The van der Waals surface area contributed by atoms with Gasteiger partial charge in [0.05, 0.1) is 11.4 Å². The van der Waals surface area contributed by atoms with Crippen LogP contribution in [-0.2, 0) is 4.79 Å². The number of anilines is 1. The largest absolute Gasteiger partial charge is 0.350 e. The zero-order valence-electron chi connectivity index (χ0n) is 20.5. The standard InChI is InChI=1S/C28H28F2N4O2S/c1-18-25(37-26(32-18)19-7-3-2-4-8-19)27(36)34-16-13-28(29,30)22(21-9-5-6-10-23(21)34)17-24(35)33-20-11-14-31-15-12-20/h2-10,17,20,31H,11-16H2,1H3,(H,33,35). The van der Waals surface area contributed by atoms with E-state index in [0.29, 0.717) is 21.3 Å². The topological polar surface area (TPSA) is 74.3 Å². The Morgan fingerprint density at radius 1 is 1.11 bits per heavy atom. The smallest absolute Gasteiger partial charge is 0.275 e. The molecule has 5 rings (SSSR count). The molecule has 0 aliphatic carbocycles. The van der Waals surface area contributed by atoms with Crippen LogP contribution in [0, 0.1) is 6.92 Å². The number of aryl methyl sites for hydroxylation is 1. The van der Waals surface area contributed by atoms with Gasteiger partial charge in [-0.1, -0.05) is 48.5 Å². The summed E-state index contributed by atoms with van der Waals surface area (Å²) in [4.78, 5) is 32.9. The van der Waals surface area contributed by atoms with Crippen LogP contribution in [0.4, 0.5) is 14.5 Å². The second kappa shape index (κ2) is 10.5. The lowest BCUT2D eigenvalue weighted by molar-refractivity contribution is -0.117. The summed E-state index contributed by atoms with van der Waals surface area (Å²) in [6.07, 6.45) is 1.93. The van der Waals surface area contributed by atoms with E-state index in [1.807, 2.05) is 30.3 Å². The summed E-state index contributed by atoms with van der Waals surface area (Å²) >= 11 is 1.25. The molecule has 2 amide bonds. The van der Waals surface area contributed by atoms with Gasteiger partial charge in [-0.2, -0.15) is 0 Å². The number of carbonyl (C=O) groups is 2. The second-order valence-electron chi connectivity index (χ2n) is 9.32. The molecule has 192 valence electrons. The first-order valence-electron chi connectivity index (χ1n) is 12.4. The molecule has 6 nitrogen and oxygen atoms in total. The number of piperidine rings is 1. The summed E-state index contributed by atoms with van der Waals surface area (Å²) in [7, 11) is 0. The Morgan fingerprint density at radius 2 is 1.81 bits per heavy atom. The van der Waals surface area contributed by atoms with Gasteiger partial charge in [0.2, 0.25) is 5.91 Å². The molecule has 1 saturated heterocycles. The molecule has 0 atom stereocenters. The molecule has 1 fully saturated rings. The molecule has 2 aliphatic heterocycles. The molecule has 0 saturated carbocycles. The highest BCUT2D eigenvalue weighted by atomic mass is 32.1. The summed E-state index contributed by atoms with van der Waals surface area (Å²) < 4.78 is 31.0. The van der Waals surface area contributed by atoms with Gasteiger partial charge in [0.15, 0.2) is 0 Å². The molecule has 1 aromatic heterocycles. The van der Waals surface area contributed by atoms with Gasteiger partial charge in [0.1, 0.15) is 9.88 Å². The van der Waals surface area contributed by atoms with Gasteiger partial charge in [-0.3, -0.25) is 9.59 Å². The van der Waals surface area contributed by atoms with Gasteiger partial charge in [0.25, 0.3) is 11.8 Å². The molecule has 3 aromatic rings. The Morgan fingerprint density at radius 3 is 2.57 bits per heavy atom. The van der Waals surface area contributed by atoms with Crippen molar-refractivity contribution < 1.29 is 18.4 Å². The molecular weight excluding hydrogens is 494 g/mol. The summed E-state index contributed by atoms with van der Waals surface area (Å²) in [6, 6.07) is 16.0. The number of benzene rings is 2. The van der Waals surface area contributed by atoms with Crippen LogP contribution in [0.25, 0.3) is 16.1 Å². The van der Waals surface area contributed by atoms with Crippen molar-refractivity contribution in [2.75, 3.05) is 24.5 Å². The Balaban J connectivity index is 1.48. The third-order valence-electron chi connectivity index (χ3n) is 6.75. The van der Waals surface area contributed by atoms with Crippen LogP contribution in [0.3, 0.4) is 0 Å². The van der Waals surface area contributed by atoms with E-state index in [1.165, 1.54) is 16.2 Å². The van der Waals surface area contributed by atoms with E-state index < -0.39 is 18.3 Å². The van der Waals surface area contributed by atoms with Crippen LogP contribution < -0.4 is 15.5 Å². The van der Waals surface area contributed by atoms with Gasteiger partial charge in [0, 0.05) is 41.8 Å². The fourth-order valence-electron chi connectivity index (χ4n) is 4.80. The molecular formula is C28H28F2N4O2S. The number of nitrogens with zero attached hydrogens (tertiary/aromatic N) is 2. The van der Waals surface area contributed by atoms with Crippen molar-refractivity contribution in [3.63, 3.8) is 0 Å². The summed E-state index contributed by atoms with van der Waals surface area (Å²) in [6.45, 7) is 3.13. The summed E-state index contributed by atoms with van der Waals surface area (Å²) in [5.74, 6) is -4.20. The van der Waals surface area contributed by atoms with Crippen molar-refractivity contribution in [1.82, 2.24) is 15.6 Å². The van der Waals surface area contributed by atoms with Crippen LogP contribution in [0.15, 0.2) is 60.7 Å². The average Bonchev–Trinajstić information content (AvgIpc) is 3.25. The minimum atomic E-state index is -3.28. The third kappa shape index (κ3) is 5.33. The number of allylic oxidation sites excluding steroid dienone is 1. The summed E-state index contributed by atoms with van der Waals surface area (Å²) in [5, 5.41) is 6.78. The van der Waals surface area contributed by atoms with E-state index in [-0.39, 0.29) is 29.6 Å². The lowest BCUT2D eigenvalue weighted by Gasteiger charge is -2.24. The molecule has 9 heteroatoms. The van der Waals surface area contributed by atoms with Crippen molar-refractivity contribution in [2.45, 2.75) is 38.2 Å². The quantitative estimate of drug-likeness (QED) is 0.470. The van der Waals surface area contributed by atoms with Crippen molar-refractivity contribution >= 4 is 34.4 Å². The maximum Gasteiger partial charge on any atom is 0.275 e. The van der Waals surface area contributed by atoms with Crippen LogP contribution in [0.1, 0.15) is 40.2 Å². The van der Waals surface area contributed by atoms with Crippen molar-refractivity contribution in [3.05, 3.63) is 76.8 Å². The van der Waals surface area contributed by atoms with Crippen molar-refractivity contribution in [3.8, 4) is 10.6 Å². The zero-order valence-corrected chi connectivity index (χ0v) is 21.3. The SMILES string of the molecule is Cc1nc(-c2ccccc2)sc1C(=O)N1CCC(F)(F)C(=CC(=O)NC2CCNCC2)c2ccccc21. The van der Waals surface area contributed by atoms with Crippen LogP contribution in [-0.4, -0.2) is 48.4 Å². The third-order valence-corrected chi connectivity index (χ3v) is 7.94. The molecule has 0 bridgehead atoms. The number of para-hydroxylation sites is 1. The predicted molar refractivity (Wildman–Crippen MR) is 142 cm³/mol. The Kier molecular flexibility index (Phi) is 7.17. The van der Waals surface area contributed by atoms with E-state index in [0.717, 1.165) is 37.6 Å². The average molecular weight is 523 g/mol. The Bertz CT molecular complexity index is 1330. The minimum Gasteiger partial charge on any atom is -0.350 e. The Hall–Kier alpha value is -3.43. The number of alkyl halides is 2. The number of amides is 2. The fourth-order valence-corrected chi connectivity index (χ4v) is 5.82. The van der Waals surface area contributed by atoms with Gasteiger partial charge in [-0.15, -0.1) is 11.3 Å². The number of aromatic nitrogens is 1. The van der Waals surface area contributed by atoms with Gasteiger partial charge in [-0.25, -0.2) is 13.8 Å². The minimum absolute atomic E-state index is 0.0496. The molecule has 0 radical (unpaired) electrons. The lowest BCUT2D eigenvalue weighted by atomic mass is 9.96. The number of fused-ring (bicyclic) bond motifs is 1. The number of thiazole rings is 1. The molecule has 0 spiro atoms. The highest BCUT2D eigenvalue weighted by molar-refractivity contribution is 7.17. The molecule has 0 unspecified atom stereocenters. The fraction of sp³-hybridized carbons (Fsp3) is 0.321. The number of hydrogen-bond acceptors (Lipinski definition) is 5. The van der Waals surface area contributed by atoms with Gasteiger partial charge < -0.3 is 15.5 Å². The van der Waals surface area contributed by atoms with Crippen molar-refractivity contribution in [1.29, 1.82) is 0 Å². The maximum absolute atomic E-state index is 15.5. The van der Waals surface area contributed by atoms with Gasteiger partial charge in [-0.05, 0) is 38.9 Å². The van der Waals surface area contributed by atoms with E-state index in [9.17, 15) is 9.59 Å². The second-order valence-corrected chi connectivity index (χ2v) is 10.3. The number of carbonyl (C=O) groups excluding carboxylic acids is 2. The van der Waals surface area contributed by atoms with E-state index in [2.05, 4.69) is 15.6 Å². The first-order valence-corrected chi connectivity index (χ1v) is 13.2. The molecule has 2 aliphatic rings. The number of hydrogen-bond donors (Lipinski definition) is 2. The number of rotatable bonds is 4. The molecule has 3 heterocycles. The number of halogens is 2. The summed E-state index contributed by atoms with van der Waals surface area (Å²) in [5.41, 5.74) is 1.63. The predicted octanol–water partition coefficient (Wildman–Crippen LogP) is 5.06. The van der Waals surface area contributed by atoms with Crippen LogP contribution in [0.5, 0.6) is 0 Å². The lowest BCUT2D eigenvalue weighted by Crippen LogP contribution is -2.42. The highest BCUT2D eigenvalue weighted by Crippen LogP contribution is 2.43. The highest BCUT2D eigenvalue weighted by Gasteiger charge is 2.42. The first kappa shape index (κ1) is 25.2. The zero-order chi connectivity index (χ0) is 26.0. The van der Waals surface area contributed by atoms with E-state index >= 15 is 8.78 Å². The molecule has 37 heavy (non-hydrogen) atoms. The maximum atomic E-state index is 15.5. The van der Waals surface area contributed by atoms with Crippen LogP contribution in [0.2, 0.25) is 0 Å². The molecule has 2 aromatic carbocycles. The Labute approximate surface area is 218 Å². The van der Waals surface area contributed by atoms with E-state index in [1.54, 1.807) is 31.2 Å². The van der Waals surface area contributed by atoms with E-state index in [4.69, 9.17) is 0 Å². The van der Waals surface area contributed by atoms with Crippen molar-refractivity contribution in [2.24, 2.45) is 0 Å². The monoisotopic (exact) mass is 522 g/mol. The molecule has 2 N–H and O–H groups in total. The normalized spacial score (nSPS) is 18.8. The number of nitrogens with one attached hydrogen (secondary N) is 2. The first-order chi connectivity index (χ1) is 17.8. The van der Waals surface area contributed by atoms with Crippen LogP contribution >= 0.6 is 11.3 Å². The van der Waals surface area contributed by atoms with Gasteiger partial charge >= 0.3 is 0 Å².